The minimum absolute atomic E-state index is 0.0383. The van der Waals surface area contributed by atoms with Gasteiger partial charge in [0.1, 0.15) is 16.4 Å². The maximum atomic E-state index is 13.0. The number of carbonyl (C=O) groups excluding carboxylic acids is 1. The second-order valence-corrected chi connectivity index (χ2v) is 9.41. The predicted molar refractivity (Wildman–Crippen MR) is 122 cm³/mol. The third kappa shape index (κ3) is 5.66. The molecule has 3 aromatic rings. The van der Waals surface area contributed by atoms with Crippen LogP contribution >= 0.6 is 0 Å². The van der Waals surface area contributed by atoms with E-state index < -0.39 is 10.0 Å². The number of hydrogen-bond donors (Lipinski definition) is 0. The molecule has 32 heavy (non-hydrogen) atoms. The highest BCUT2D eigenvalue weighted by Gasteiger charge is 2.22. The predicted octanol–water partition coefficient (Wildman–Crippen LogP) is 3.78. The number of carbonyl (C=O) groups is 1. The lowest BCUT2D eigenvalue weighted by Crippen LogP contribution is -2.28. The highest BCUT2D eigenvalue weighted by molar-refractivity contribution is 7.89. The molecule has 0 aliphatic heterocycles. The molecule has 0 unspecified atom stereocenters. The second kappa shape index (κ2) is 10.3. The number of rotatable bonds is 9. The SMILES string of the molecule is COc1ccc(/C=C/C(=O)N(Cc2ccccc2)Cc2ccco2)cc1S(=O)(=O)N(C)C. The number of furan rings is 1. The van der Waals surface area contributed by atoms with Crippen molar-refractivity contribution in [3.05, 3.63) is 89.9 Å². The Hall–Kier alpha value is -3.36. The molecule has 1 heterocycles. The first-order valence-corrected chi connectivity index (χ1v) is 11.4. The van der Waals surface area contributed by atoms with Gasteiger partial charge in [-0.05, 0) is 41.5 Å². The van der Waals surface area contributed by atoms with Crippen LogP contribution in [0, 0.1) is 0 Å². The van der Waals surface area contributed by atoms with Crippen LogP contribution in [0.2, 0.25) is 0 Å². The average Bonchev–Trinajstić information content (AvgIpc) is 3.30. The Labute approximate surface area is 188 Å². The van der Waals surface area contributed by atoms with Crippen molar-refractivity contribution in [1.29, 1.82) is 0 Å². The summed E-state index contributed by atoms with van der Waals surface area (Å²) in [5, 5.41) is 0. The molecule has 7 nitrogen and oxygen atoms in total. The number of methoxy groups -OCH3 is 1. The molecule has 2 aromatic carbocycles. The van der Waals surface area contributed by atoms with Gasteiger partial charge in [0.05, 0.1) is 19.9 Å². The first-order chi connectivity index (χ1) is 15.3. The van der Waals surface area contributed by atoms with Crippen molar-refractivity contribution < 1.29 is 22.4 Å². The maximum Gasteiger partial charge on any atom is 0.247 e. The van der Waals surface area contributed by atoms with Gasteiger partial charge in [0, 0.05) is 26.7 Å². The van der Waals surface area contributed by atoms with Crippen LogP contribution in [0.5, 0.6) is 5.75 Å². The van der Waals surface area contributed by atoms with Crippen LogP contribution in [-0.4, -0.2) is 44.7 Å². The zero-order valence-corrected chi connectivity index (χ0v) is 19.1. The molecule has 0 saturated carbocycles. The molecule has 0 bridgehead atoms. The van der Waals surface area contributed by atoms with Crippen LogP contribution in [0.25, 0.3) is 6.08 Å². The van der Waals surface area contributed by atoms with E-state index in [2.05, 4.69) is 0 Å². The fourth-order valence-corrected chi connectivity index (χ4v) is 4.16. The molecule has 0 N–H and O–H groups in total. The zero-order valence-electron chi connectivity index (χ0n) is 18.3. The molecule has 168 valence electrons. The average molecular weight is 455 g/mol. The van der Waals surface area contributed by atoms with Gasteiger partial charge in [-0.25, -0.2) is 12.7 Å². The smallest absolute Gasteiger partial charge is 0.247 e. The Kier molecular flexibility index (Phi) is 7.50. The highest BCUT2D eigenvalue weighted by atomic mass is 32.2. The number of hydrogen-bond acceptors (Lipinski definition) is 5. The normalized spacial score (nSPS) is 11.8. The third-order valence-corrected chi connectivity index (χ3v) is 6.66. The van der Waals surface area contributed by atoms with E-state index in [1.54, 1.807) is 35.4 Å². The summed E-state index contributed by atoms with van der Waals surface area (Å²) in [6.07, 6.45) is 4.59. The number of benzene rings is 2. The van der Waals surface area contributed by atoms with Gasteiger partial charge in [-0.1, -0.05) is 36.4 Å². The minimum atomic E-state index is -3.71. The molecule has 0 fully saturated rings. The van der Waals surface area contributed by atoms with Gasteiger partial charge in [-0.3, -0.25) is 4.79 Å². The van der Waals surface area contributed by atoms with Crippen LogP contribution in [0.15, 0.2) is 82.3 Å². The summed E-state index contributed by atoms with van der Waals surface area (Å²) in [4.78, 5) is 14.7. The Bertz CT molecular complexity index is 1170. The summed E-state index contributed by atoms with van der Waals surface area (Å²) in [6, 6.07) is 18.0. The van der Waals surface area contributed by atoms with E-state index in [-0.39, 0.29) is 16.6 Å². The topological polar surface area (TPSA) is 80.1 Å². The van der Waals surface area contributed by atoms with Crippen molar-refractivity contribution in [1.82, 2.24) is 9.21 Å². The molecule has 1 amide bonds. The number of nitrogens with zero attached hydrogens (tertiary/aromatic N) is 2. The molecule has 0 aliphatic carbocycles. The van der Waals surface area contributed by atoms with Crippen LogP contribution in [0.4, 0.5) is 0 Å². The summed E-state index contributed by atoms with van der Waals surface area (Å²) in [6.45, 7) is 0.724. The fourth-order valence-electron chi connectivity index (χ4n) is 3.07. The molecule has 3 rings (SSSR count). The highest BCUT2D eigenvalue weighted by Crippen LogP contribution is 2.27. The Morgan fingerprint density at radius 1 is 1.03 bits per heavy atom. The summed E-state index contributed by atoms with van der Waals surface area (Å²) in [7, 11) is 0.621. The van der Waals surface area contributed by atoms with Crippen molar-refractivity contribution >= 4 is 22.0 Å². The summed E-state index contributed by atoms with van der Waals surface area (Å²) in [5.41, 5.74) is 1.56. The van der Waals surface area contributed by atoms with Crippen molar-refractivity contribution in [3.8, 4) is 5.75 Å². The summed E-state index contributed by atoms with van der Waals surface area (Å²) in [5.74, 6) is 0.690. The number of amides is 1. The Morgan fingerprint density at radius 3 is 2.41 bits per heavy atom. The molecule has 0 spiro atoms. The number of sulfonamides is 1. The van der Waals surface area contributed by atoms with Crippen LogP contribution in [-0.2, 0) is 27.9 Å². The van der Waals surface area contributed by atoms with E-state index in [4.69, 9.17) is 9.15 Å². The van der Waals surface area contributed by atoms with E-state index >= 15 is 0 Å². The van der Waals surface area contributed by atoms with Crippen molar-refractivity contribution in [3.63, 3.8) is 0 Å². The molecule has 0 atom stereocenters. The van der Waals surface area contributed by atoms with Crippen molar-refractivity contribution in [2.45, 2.75) is 18.0 Å². The first-order valence-electron chi connectivity index (χ1n) is 9.95. The Balaban J connectivity index is 1.86. The van der Waals surface area contributed by atoms with E-state index in [0.29, 0.717) is 24.4 Å². The Morgan fingerprint density at radius 2 is 1.78 bits per heavy atom. The second-order valence-electron chi connectivity index (χ2n) is 7.29. The van der Waals surface area contributed by atoms with Gasteiger partial charge in [0.15, 0.2) is 0 Å². The van der Waals surface area contributed by atoms with Gasteiger partial charge >= 0.3 is 0 Å². The van der Waals surface area contributed by atoms with Crippen LogP contribution < -0.4 is 4.74 Å². The van der Waals surface area contributed by atoms with Crippen LogP contribution in [0.3, 0.4) is 0 Å². The monoisotopic (exact) mass is 454 g/mol. The molecule has 0 saturated heterocycles. The molecule has 1 aromatic heterocycles. The molecular formula is C24H26N2O5S. The first kappa shape index (κ1) is 23.3. The molecule has 0 radical (unpaired) electrons. The fraction of sp³-hybridized carbons (Fsp3) is 0.208. The van der Waals surface area contributed by atoms with Crippen LogP contribution in [0.1, 0.15) is 16.9 Å². The van der Waals surface area contributed by atoms with Gasteiger partial charge in [-0.2, -0.15) is 0 Å². The largest absolute Gasteiger partial charge is 0.495 e. The van der Waals surface area contributed by atoms with E-state index in [1.807, 2.05) is 36.4 Å². The van der Waals surface area contributed by atoms with E-state index in [0.717, 1.165) is 9.87 Å². The minimum Gasteiger partial charge on any atom is -0.495 e. The zero-order chi connectivity index (χ0) is 23.1. The standard InChI is InChI=1S/C24H26N2O5S/c1-25(2)32(28,29)23-16-19(11-13-22(23)30-3)12-14-24(27)26(18-21-10-7-15-31-21)17-20-8-5-4-6-9-20/h4-16H,17-18H2,1-3H3/b14-12+. The lowest BCUT2D eigenvalue weighted by Gasteiger charge is -2.20. The van der Waals surface area contributed by atoms with Crippen molar-refractivity contribution in [2.75, 3.05) is 21.2 Å². The van der Waals surface area contributed by atoms with Crippen molar-refractivity contribution in [2.24, 2.45) is 0 Å². The van der Waals surface area contributed by atoms with Gasteiger partial charge in [-0.15, -0.1) is 0 Å². The quantitative estimate of drug-likeness (QED) is 0.460. The third-order valence-electron chi connectivity index (χ3n) is 4.82. The lowest BCUT2D eigenvalue weighted by molar-refractivity contribution is -0.127. The molecular weight excluding hydrogens is 428 g/mol. The summed E-state index contributed by atoms with van der Waals surface area (Å²) < 4.78 is 37.0. The van der Waals surface area contributed by atoms with Gasteiger partial charge < -0.3 is 14.1 Å². The van der Waals surface area contributed by atoms with Gasteiger partial charge in [0.2, 0.25) is 15.9 Å². The van der Waals surface area contributed by atoms with Gasteiger partial charge in [0.25, 0.3) is 0 Å². The molecule has 8 heteroatoms. The van der Waals surface area contributed by atoms with E-state index in [1.165, 1.54) is 33.3 Å². The molecule has 0 aliphatic rings. The number of ether oxygens (including phenoxy) is 1. The lowest BCUT2D eigenvalue weighted by atomic mass is 10.2. The maximum absolute atomic E-state index is 13.0. The van der Waals surface area contributed by atoms with E-state index in [9.17, 15) is 13.2 Å². The summed E-state index contributed by atoms with van der Waals surface area (Å²) >= 11 is 0.